The lowest BCUT2D eigenvalue weighted by molar-refractivity contribution is 0.00578. The molecule has 276 valence electrons. The third-order valence-corrected chi connectivity index (χ3v) is 17.3. The predicted molar refractivity (Wildman–Crippen MR) is 232 cm³/mol. The average Bonchev–Trinajstić information content (AvgIpc) is 3.55. The van der Waals surface area contributed by atoms with Crippen LogP contribution in [0.2, 0.25) is 0 Å². The zero-order valence-electron chi connectivity index (χ0n) is 33.3. The lowest BCUT2D eigenvalue weighted by atomic mass is 9.74. The predicted octanol–water partition coefficient (Wildman–Crippen LogP) is 7.00. The lowest BCUT2D eigenvalue weighted by Gasteiger charge is -2.35. The minimum atomic E-state index is -2.94. The zero-order valence-corrected chi connectivity index (χ0v) is 34.3. The highest BCUT2D eigenvalue weighted by Gasteiger charge is 2.53. The van der Waals surface area contributed by atoms with E-state index in [1.165, 1.54) is 20.7 Å². The van der Waals surface area contributed by atoms with Crippen molar-refractivity contribution in [2.24, 2.45) is 0 Å². The molecule has 2 aliphatic rings. The van der Waals surface area contributed by atoms with Crippen molar-refractivity contribution in [2.45, 2.75) is 77.8 Å². The van der Waals surface area contributed by atoms with Crippen LogP contribution in [0.3, 0.4) is 0 Å². The molecule has 0 radical (unpaired) electrons. The van der Waals surface area contributed by atoms with E-state index >= 15 is 0 Å². The molecule has 8 rings (SSSR count). The van der Waals surface area contributed by atoms with Crippen LogP contribution in [0.15, 0.2) is 158 Å². The third kappa shape index (κ3) is 6.46. The summed E-state index contributed by atoms with van der Waals surface area (Å²) in [7, 11) is -3.90. The third-order valence-electron chi connectivity index (χ3n) is 12.6. The van der Waals surface area contributed by atoms with Gasteiger partial charge in [-0.25, -0.2) is 0 Å². The standard InChI is InChI=1S/C48H50B2O4Si/c1-45(2)46(3,4)52-49(51-45)43-31-17-15-29-41(43)35-21-19-27-39(33-35)55(37-23-11-9-12-24-37,38-25-13-10-14-26-38)40-28-20-22-36(34-40)42-30-16-18-32-44(42)50-53-47(5,6)48(7,8)54-50/h9-34H,1-8H3. The fourth-order valence-corrected chi connectivity index (χ4v) is 12.9. The Morgan fingerprint density at radius 3 is 1.02 bits per heavy atom. The summed E-state index contributed by atoms with van der Waals surface area (Å²) in [6.07, 6.45) is 0. The fraction of sp³-hybridized carbons (Fsp3) is 0.250. The van der Waals surface area contributed by atoms with Gasteiger partial charge in [0, 0.05) is 0 Å². The SMILES string of the molecule is CC1(C)OB(c2ccccc2-c2cccc([Si](c3ccccc3)(c3ccccc3)c3cccc(-c4ccccc4B4OC(C)(C)C(C)(C)O4)c3)c2)OC1(C)C. The number of benzene rings is 6. The number of hydrogen-bond acceptors (Lipinski definition) is 4. The Hall–Kier alpha value is -4.49. The molecule has 0 saturated carbocycles. The normalized spacial score (nSPS) is 18.4. The average molecular weight is 741 g/mol. The van der Waals surface area contributed by atoms with Crippen molar-refractivity contribution in [2.75, 3.05) is 0 Å². The van der Waals surface area contributed by atoms with Gasteiger partial charge in [-0.2, -0.15) is 0 Å². The van der Waals surface area contributed by atoms with E-state index in [0.29, 0.717) is 0 Å². The topological polar surface area (TPSA) is 36.9 Å². The van der Waals surface area contributed by atoms with Crippen LogP contribution in [-0.2, 0) is 18.6 Å². The monoisotopic (exact) mass is 740 g/mol. The van der Waals surface area contributed by atoms with E-state index in [2.05, 4.69) is 213 Å². The van der Waals surface area contributed by atoms with E-state index in [4.69, 9.17) is 18.6 Å². The molecule has 0 N–H and O–H groups in total. The molecule has 55 heavy (non-hydrogen) atoms. The van der Waals surface area contributed by atoms with Crippen LogP contribution >= 0.6 is 0 Å². The van der Waals surface area contributed by atoms with Gasteiger partial charge in [0.2, 0.25) is 0 Å². The van der Waals surface area contributed by atoms with E-state index in [-0.39, 0.29) is 0 Å². The first kappa shape index (κ1) is 37.4. The van der Waals surface area contributed by atoms with Crippen molar-refractivity contribution in [1.29, 1.82) is 0 Å². The second-order valence-electron chi connectivity index (χ2n) is 17.0. The van der Waals surface area contributed by atoms with Gasteiger partial charge in [-0.3, -0.25) is 0 Å². The van der Waals surface area contributed by atoms with Crippen LogP contribution in [0.5, 0.6) is 0 Å². The van der Waals surface area contributed by atoms with Crippen molar-refractivity contribution in [3.05, 3.63) is 158 Å². The summed E-state index contributed by atoms with van der Waals surface area (Å²) >= 11 is 0. The minimum absolute atomic E-state index is 0.443. The lowest BCUT2D eigenvalue weighted by Crippen LogP contribution is -2.74. The maximum atomic E-state index is 6.61. The summed E-state index contributed by atoms with van der Waals surface area (Å²) in [5.74, 6) is 0. The van der Waals surface area contributed by atoms with Gasteiger partial charge in [-0.15, -0.1) is 0 Å². The Kier molecular flexibility index (Phi) is 9.47. The molecule has 6 aromatic carbocycles. The second-order valence-corrected chi connectivity index (χ2v) is 20.8. The van der Waals surface area contributed by atoms with Gasteiger partial charge >= 0.3 is 14.2 Å². The van der Waals surface area contributed by atoms with Crippen molar-refractivity contribution < 1.29 is 18.6 Å². The molecule has 2 fully saturated rings. The highest BCUT2D eigenvalue weighted by atomic mass is 28.3. The Morgan fingerprint density at radius 2 is 0.655 bits per heavy atom. The molecule has 4 nitrogen and oxygen atoms in total. The molecule has 2 heterocycles. The number of rotatable bonds is 8. The quantitative estimate of drug-likeness (QED) is 0.125. The molecule has 0 aliphatic carbocycles. The first-order chi connectivity index (χ1) is 26.2. The van der Waals surface area contributed by atoms with Crippen LogP contribution in [0.4, 0.5) is 0 Å². The van der Waals surface area contributed by atoms with E-state index < -0.39 is 44.7 Å². The molecular weight excluding hydrogens is 690 g/mol. The smallest absolute Gasteiger partial charge is 0.399 e. The number of hydrogen-bond donors (Lipinski definition) is 0. The molecule has 7 heteroatoms. The molecule has 0 aromatic heterocycles. The Morgan fingerprint density at radius 1 is 0.345 bits per heavy atom. The molecule has 0 spiro atoms. The van der Waals surface area contributed by atoms with E-state index in [0.717, 1.165) is 33.2 Å². The summed E-state index contributed by atoms with van der Waals surface area (Å²) in [6.45, 7) is 16.9. The largest absolute Gasteiger partial charge is 0.495 e. The zero-order chi connectivity index (χ0) is 38.6. The first-order valence-corrected chi connectivity index (χ1v) is 21.5. The maximum absolute atomic E-state index is 6.61. The van der Waals surface area contributed by atoms with Gasteiger partial charge in [0.05, 0.1) is 22.4 Å². The summed E-state index contributed by atoms with van der Waals surface area (Å²) in [5.41, 5.74) is 4.78. The van der Waals surface area contributed by atoms with Gasteiger partial charge in [0.25, 0.3) is 0 Å². The highest BCUT2D eigenvalue weighted by molar-refractivity contribution is 7.20. The van der Waals surface area contributed by atoms with Crippen LogP contribution in [0, 0.1) is 0 Å². The van der Waals surface area contributed by atoms with Crippen molar-refractivity contribution in [3.63, 3.8) is 0 Å². The van der Waals surface area contributed by atoms with E-state index in [1.54, 1.807) is 0 Å². The first-order valence-electron chi connectivity index (χ1n) is 19.5. The molecular formula is C48H50B2O4Si. The highest BCUT2D eigenvalue weighted by Crippen LogP contribution is 2.38. The van der Waals surface area contributed by atoms with Crippen LogP contribution in [0.25, 0.3) is 22.3 Å². The second kappa shape index (κ2) is 13.9. The van der Waals surface area contributed by atoms with Crippen LogP contribution < -0.4 is 31.7 Å². The molecule has 0 atom stereocenters. The van der Waals surface area contributed by atoms with Crippen LogP contribution in [-0.4, -0.2) is 44.7 Å². The van der Waals surface area contributed by atoms with Crippen molar-refractivity contribution in [3.8, 4) is 22.3 Å². The molecule has 2 aliphatic heterocycles. The van der Waals surface area contributed by atoms with Crippen LogP contribution in [0.1, 0.15) is 55.4 Å². The Balaban J connectivity index is 1.32. The van der Waals surface area contributed by atoms with Gasteiger partial charge < -0.3 is 18.6 Å². The minimum Gasteiger partial charge on any atom is -0.399 e. The summed E-state index contributed by atoms with van der Waals surface area (Å²) in [6, 6.07) is 57.6. The summed E-state index contributed by atoms with van der Waals surface area (Å²) < 4.78 is 26.4. The maximum Gasteiger partial charge on any atom is 0.495 e. The van der Waals surface area contributed by atoms with E-state index in [1.807, 2.05) is 0 Å². The molecule has 0 unspecified atom stereocenters. The fourth-order valence-electron chi connectivity index (χ4n) is 8.09. The molecule has 2 saturated heterocycles. The van der Waals surface area contributed by atoms with Gasteiger partial charge in [0.15, 0.2) is 8.07 Å². The summed E-state index contributed by atoms with van der Waals surface area (Å²) in [5, 5.41) is 5.22. The Bertz CT molecular complexity index is 2130. The van der Waals surface area contributed by atoms with Gasteiger partial charge in [0.1, 0.15) is 0 Å². The molecule has 6 aromatic rings. The molecule has 0 amide bonds. The molecule has 0 bridgehead atoms. The van der Waals surface area contributed by atoms with Crippen molar-refractivity contribution >= 4 is 54.0 Å². The van der Waals surface area contributed by atoms with Gasteiger partial charge in [-0.1, -0.05) is 158 Å². The Labute approximate surface area is 329 Å². The summed E-state index contributed by atoms with van der Waals surface area (Å²) in [4.78, 5) is 0. The van der Waals surface area contributed by atoms with E-state index in [9.17, 15) is 0 Å². The van der Waals surface area contributed by atoms with Crippen molar-refractivity contribution in [1.82, 2.24) is 0 Å². The van der Waals surface area contributed by atoms with Gasteiger partial charge in [-0.05, 0) is 109 Å².